The minimum Gasteiger partial charge on any atom is -0.439 e. The molecule has 0 aliphatic heterocycles. The lowest BCUT2D eigenvalue weighted by molar-refractivity contribution is -0.383. The molecule has 1 heterocycles. The van der Waals surface area contributed by atoms with E-state index >= 15 is 0 Å². The standard InChI is InChI=1S/C14H15N2O5P/c1-3-20-22(2,19)13-10-11(7-8-12(13)16(17)18)21-14-6-4-5-9-15-14/h4-10H,3H2,1-2H3. The second-order valence-corrected chi connectivity index (χ2v) is 6.87. The van der Waals surface area contributed by atoms with Crippen molar-refractivity contribution in [2.24, 2.45) is 0 Å². The predicted molar refractivity (Wildman–Crippen MR) is 82.2 cm³/mol. The van der Waals surface area contributed by atoms with Gasteiger partial charge in [0, 0.05) is 31.1 Å². The van der Waals surface area contributed by atoms with Gasteiger partial charge >= 0.3 is 0 Å². The van der Waals surface area contributed by atoms with Gasteiger partial charge in [0.25, 0.3) is 5.69 Å². The van der Waals surface area contributed by atoms with E-state index in [0.29, 0.717) is 11.6 Å². The SMILES string of the molecule is CCOP(C)(=O)c1cc(Oc2ccccn2)ccc1[N+](=O)[O-]. The Labute approximate surface area is 127 Å². The summed E-state index contributed by atoms with van der Waals surface area (Å²) in [4.78, 5) is 14.5. The summed E-state index contributed by atoms with van der Waals surface area (Å²) >= 11 is 0. The Morgan fingerprint density at radius 3 is 2.68 bits per heavy atom. The summed E-state index contributed by atoms with van der Waals surface area (Å²) in [7, 11) is -3.31. The van der Waals surface area contributed by atoms with Gasteiger partial charge in [-0.15, -0.1) is 0 Å². The Hall–Kier alpha value is -2.24. The Morgan fingerprint density at radius 1 is 1.32 bits per heavy atom. The van der Waals surface area contributed by atoms with Crippen molar-refractivity contribution in [2.75, 3.05) is 13.3 Å². The van der Waals surface area contributed by atoms with Gasteiger partial charge in [-0.1, -0.05) is 6.07 Å². The van der Waals surface area contributed by atoms with Gasteiger partial charge in [0.05, 0.1) is 11.5 Å². The molecule has 7 nitrogen and oxygen atoms in total. The highest BCUT2D eigenvalue weighted by Crippen LogP contribution is 2.45. The van der Waals surface area contributed by atoms with Gasteiger partial charge in [0.2, 0.25) is 13.2 Å². The molecule has 1 aromatic heterocycles. The number of nitrogens with zero attached hydrogens (tertiary/aromatic N) is 2. The van der Waals surface area contributed by atoms with E-state index in [-0.39, 0.29) is 17.6 Å². The maximum atomic E-state index is 12.5. The lowest BCUT2D eigenvalue weighted by atomic mass is 10.3. The first-order valence-corrected chi connectivity index (χ1v) is 8.61. The molecule has 0 saturated carbocycles. The second kappa shape index (κ2) is 6.68. The summed E-state index contributed by atoms with van der Waals surface area (Å²) in [6.45, 7) is 3.22. The fourth-order valence-corrected chi connectivity index (χ4v) is 3.46. The van der Waals surface area contributed by atoms with E-state index in [2.05, 4.69) is 4.98 Å². The van der Waals surface area contributed by atoms with Crippen molar-refractivity contribution in [1.82, 2.24) is 4.98 Å². The monoisotopic (exact) mass is 322 g/mol. The lowest BCUT2D eigenvalue weighted by Crippen LogP contribution is -2.12. The number of benzene rings is 1. The van der Waals surface area contributed by atoms with Crippen molar-refractivity contribution in [3.05, 3.63) is 52.7 Å². The molecule has 0 radical (unpaired) electrons. The number of rotatable bonds is 6. The van der Waals surface area contributed by atoms with Crippen LogP contribution in [0.25, 0.3) is 0 Å². The zero-order valence-corrected chi connectivity index (χ0v) is 13.0. The molecule has 0 bridgehead atoms. The van der Waals surface area contributed by atoms with Crippen LogP contribution in [-0.2, 0) is 9.09 Å². The first-order chi connectivity index (χ1) is 10.4. The van der Waals surface area contributed by atoms with E-state index in [0.717, 1.165) is 0 Å². The molecule has 0 saturated heterocycles. The van der Waals surface area contributed by atoms with Crippen LogP contribution in [0.5, 0.6) is 11.6 Å². The smallest absolute Gasteiger partial charge is 0.282 e. The first-order valence-electron chi connectivity index (χ1n) is 6.54. The molecule has 1 atom stereocenters. The molecule has 0 aliphatic rings. The molecule has 116 valence electrons. The van der Waals surface area contributed by atoms with Crippen molar-refractivity contribution in [1.29, 1.82) is 0 Å². The molecule has 22 heavy (non-hydrogen) atoms. The van der Waals surface area contributed by atoms with Crippen LogP contribution in [0.3, 0.4) is 0 Å². The summed E-state index contributed by atoms with van der Waals surface area (Å²) in [5, 5.41) is 11.1. The second-order valence-electron chi connectivity index (χ2n) is 4.44. The quantitative estimate of drug-likeness (QED) is 0.460. The zero-order chi connectivity index (χ0) is 16.2. The van der Waals surface area contributed by atoms with Gasteiger partial charge in [-0.05, 0) is 19.1 Å². The molecule has 0 aliphatic carbocycles. The highest BCUT2D eigenvalue weighted by Gasteiger charge is 2.29. The highest BCUT2D eigenvalue weighted by molar-refractivity contribution is 7.66. The van der Waals surface area contributed by atoms with Crippen LogP contribution < -0.4 is 10.0 Å². The molecule has 2 aromatic rings. The topological polar surface area (TPSA) is 91.6 Å². The number of pyridine rings is 1. The molecule has 0 fully saturated rings. The minimum atomic E-state index is -3.31. The summed E-state index contributed by atoms with van der Waals surface area (Å²) in [5.41, 5.74) is -0.257. The fraction of sp³-hybridized carbons (Fsp3) is 0.214. The van der Waals surface area contributed by atoms with Gasteiger partial charge in [-0.25, -0.2) is 4.98 Å². The molecule has 0 N–H and O–H groups in total. The molecule has 1 aromatic carbocycles. The summed E-state index contributed by atoms with van der Waals surface area (Å²) in [6, 6.07) is 9.19. The van der Waals surface area contributed by atoms with E-state index in [1.54, 1.807) is 31.3 Å². The summed E-state index contributed by atoms with van der Waals surface area (Å²) in [5.74, 6) is 0.644. The molecule has 0 amide bonds. The largest absolute Gasteiger partial charge is 0.439 e. The molecule has 8 heteroatoms. The summed E-state index contributed by atoms with van der Waals surface area (Å²) in [6.07, 6.45) is 1.56. The number of nitro benzene ring substituents is 1. The maximum Gasteiger partial charge on any atom is 0.282 e. The van der Waals surface area contributed by atoms with Crippen molar-refractivity contribution in [3.8, 4) is 11.6 Å². The summed E-state index contributed by atoms with van der Waals surface area (Å²) < 4.78 is 23.3. The number of ether oxygens (including phenoxy) is 1. The van der Waals surface area contributed by atoms with Crippen molar-refractivity contribution in [2.45, 2.75) is 6.92 Å². The zero-order valence-electron chi connectivity index (χ0n) is 12.1. The van der Waals surface area contributed by atoms with Crippen LogP contribution in [0.2, 0.25) is 0 Å². The molecule has 1 unspecified atom stereocenters. The average Bonchev–Trinajstić information content (AvgIpc) is 2.48. The van der Waals surface area contributed by atoms with Crippen LogP contribution >= 0.6 is 7.37 Å². The molecule has 0 spiro atoms. The van der Waals surface area contributed by atoms with Crippen LogP contribution in [-0.4, -0.2) is 23.2 Å². The normalized spacial score (nSPS) is 13.4. The maximum absolute atomic E-state index is 12.5. The van der Waals surface area contributed by atoms with Gasteiger partial charge in [0.1, 0.15) is 11.1 Å². The molecule has 2 rings (SSSR count). The average molecular weight is 322 g/mol. The van der Waals surface area contributed by atoms with Crippen molar-refractivity contribution >= 4 is 18.4 Å². The van der Waals surface area contributed by atoms with Crippen molar-refractivity contribution < 1.29 is 18.7 Å². The fourth-order valence-electron chi connectivity index (χ4n) is 1.89. The van der Waals surface area contributed by atoms with E-state index in [1.807, 2.05) is 0 Å². The van der Waals surface area contributed by atoms with Crippen LogP contribution in [0.4, 0.5) is 5.69 Å². The van der Waals surface area contributed by atoms with E-state index in [4.69, 9.17) is 9.26 Å². The van der Waals surface area contributed by atoms with Gasteiger partial charge < -0.3 is 9.26 Å². The minimum absolute atomic E-state index is 0.0211. The highest BCUT2D eigenvalue weighted by atomic mass is 31.2. The Morgan fingerprint density at radius 2 is 2.09 bits per heavy atom. The third-order valence-corrected chi connectivity index (χ3v) is 4.80. The first kappa shape index (κ1) is 16.1. The van der Waals surface area contributed by atoms with Gasteiger partial charge in [0.15, 0.2) is 0 Å². The lowest BCUT2D eigenvalue weighted by Gasteiger charge is -2.14. The number of hydrogen-bond donors (Lipinski definition) is 0. The predicted octanol–water partition coefficient (Wildman–Crippen LogP) is 3.35. The van der Waals surface area contributed by atoms with E-state index in [9.17, 15) is 14.7 Å². The molecular weight excluding hydrogens is 307 g/mol. The third-order valence-electron chi connectivity index (χ3n) is 2.82. The van der Waals surface area contributed by atoms with Crippen LogP contribution in [0.15, 0.2) is 42.6 Å². The van der Waals surface area contributed by atoms with Gasteiger partial charge in [-0.2, -0.15) is 0 Å². The Bertz CT molecular complexity index is 720. The van der Waals surface area contributed by atoms with Crippen LogP contribution in [0.1, 0.15) is 6.92 Å². The van der Waals surface area contributed by atoms with E-state index < -0.39 is 12.3 Å². The van der Waals surface area contributed by atoms with Crippen LogP contribution in [0, 0.1) is 10.1 Å². The number of nitro groups is 1. The Balaban J connectivity index is 2.43. The number of hydrogen-bond acceptors (Lipinski definition) is 6. The third kappa shape index (κ3) is 3.69. The molecular formula is C14H15N2O5P. The number of aromatic nitrogens is 1. The Kier molecular flexibility index (Phi) is 4.90. The van der Waals surface area contributed by atoms with Gasteiger partial charge in [-0.3, -0.25) is 14.7 Å². The van der Waals surface area contributed by atoms with E-state index in [1.165, 1.54) is 24.9 Å². The van der Waals surface area contributed by atoms with Crippen molar-refractivity contribution in [3.63, 3.8) is 0 Å².